The zero-order valence-corrected chi connectivity index (χ0v) is 8.10. The average molecular weight is 203 g/mol. The van der Waals surface area contributed by atoms with E-state index in [2.05, 4.69) is 4.98 Å². The highest BCUT2D eigenvalue weighted by atomic mass is 16.4. The molecule has 0 saturated heterocycles. The molecule has 0 saturated carbocycles. The molecule has 0 amide bonds. The monoisotopic (exact) mass is 203 g/mol. The molecule has 0 aliphatic rings. The number of rotatable bonds is 2. The molecule has 76 valence electrons. The van der Waals surface area contributed by atoms with E-state index in [1.54, 1.807) is 18.3 Å². The number of hydrogen-bond donors (Lipinski definition) is 1. The van der Waals surface area contributed by atoms with E-state index in [0.29, 0.717) is 5.89 Å². The number of carboxylic acids is 1. The van der Waals surface area contributed by atoms with Crippen molar-refractivity contribution in [2.45, 2.75) is 6.92 Å². The van der Waals surface area contributed by atoms with Crippen molar-refractivity contribution >= 4 is 5.97 Å². The van der Waals surface area contributed by atoms with Gasteiger partial charge in [-0.05, 0) is 31.2 Å². The van der Waals surface area contributed by atoms with Gasteiger partial charge >= 0.3 is 5.97 Å². The molecule has 0 atom stereocenters. The molecule has 15 heavy (non-hydrogen) atoms. The molecule has 1 aromatic carbocycles. The van der Waals surface area contributed by atoms with E-state index in [-0.39, 0.29) is 5.56 Å². The standard InChI is InChI=1S/C11H9NO3/c1-7-6-12-10(15-7)8-2-4-9(5-3-8)11(13)14/h2-6H,1H3,(H,13,14). The van der Waals surface area contributed by atoms with Crippen molar-refractivity contribution in [2.24, 2.45) is 0 Å². The Balaban J connectivity index is 2.35. The van der Waals surface area contributed by atoms with Crippen LogP contribution in [0.3, 0.4) is 0 Å². The molecule has 4 nitrogen and oxygen atoms in total. The van der Waals surface area contributed by atoms with E-state index in [9.17, 15) is 4.79 Å². The van der Waals surface area contributed by atoms with Crippen molar-refractivity contribution in [3.8, 4) is 11.5 Å². The Morgan fingerprint density at radius 1 is 1.33 bits per heavy atom. The molecule has 0 radical (unpaired) electrons. The van der Waals surface area contributed by atoms with Gasteiger partial charge in [0.05, 0.1) is 11.8 Å². The maximum Gasteiger partial charge on any atom is 0.335 e. The van der Waals surface area contributed by atoms with Gasteiger partial charge in [-0.3, -0.25) is 0 Å². The summed E-state index contributed by atoms with van der Waals surface area (Å²) in [6.07, 6.45) is 1.63. The van der Waals surface area contributed by atoms with Crippen molar-refractivity contribution in [1.29, 1.82) is 0 Å². The third kappa shape index (κ3) is 1.88. The van der Waals surface area contributed by atoms with Gasteiger partial charge in [0.15, 0.2) is 0 Å². The van der Waals surface area contributed by atoms with Crippen molar-refractivity contribution in [1.82, 2.24) is 4.98 Å². The summed E-state index contributed by atoms with van der Waals surface area (Å²) in [6.45, 7) is 1.81. The number of benzene rings is 1. The highest BCUT2D eigenvalue weighted by molar-refractivity contribution is 5.88. The smallest absolute Gasteiger partial charge is 0.335 e. The fourth-order valence-corrected chi connectivity index (χ4v) is 1.24. The molecule has 1 heterocycles. The molecule has 2 aromatic rings. The molecule has 1 N–H and O–H groups in total. The molecular weight excluding hydrogens is 194 g/mol. The van der Waals surface area contributed by atoms with Crippen molar-refractivity contribution in [3.63, 3.8) is 0 Å². The lowest BCUT2D eigenvalue weighted by atomic mass is 10.1. The topological polar surface area (TPSA) is 63.3 Å². The summed E-state index contributed by atoms with van der Waals surface area (Å²) in [4.78, 5) is 14.7. The van der Waals surface area contributed by atoms with E-state index in [4.69, 9.17) is 9.52 Å². The number of oxazole rings is 1. The summed E-state index contributed by atoms with van der Waals surface area (Å²) in [5.41, 5.74) is 1.02. The minimum atomic E-state index is -0.940. The third-order valence-corrected chi connectivity index (χ3v) is 2.00. The van der Waals surface area contributed by atoms with Crippen molar-refractivity contribution < 1.29 is 14.3 Å². The van der Waals surface area contributed by atoms with E-state index in [1.807, 2.05) is 6.92 Å². The molecule has 0 spiro atoms. The first-order chi connectivity index (χ1) is 7.16. The second kappa shape index (κ2) is 3.57. The summed E-state index contributed by atoms with van der Waals surface area (Å²) in [5.74, 6) is 0.293. The van der Waals surface area contributed by atoms with E-state index in [0.717, 1.165) is 11.3 Å². The summed E-state index contributed by atoms with van der Waals surface area (Å²) in [7, 11) is 0. The lowest BCUT2D eigenvalue weighted by Crippen LogP contribution is -1.94. The summed E-state index contributed by atoms with van der Waals surface area (Å²) in [5, 5.41) is 8.71. The van der Waals surface area contributed by atoms with Crippen LogP contribution in [0.5, 0.6) is 0 Å². The number of nitrogens with zero attached hydrogens (tertiary/aromatic N) is 1. The maximum absolute atomic E-state index is 10.6. The van der Waals surface area contributed by atoms with Crippen LogP contribution in [0.25, 0.3) is 11.5 Å². The molecular formula is C11H9NO3. The molecule has 2 rings (SSSR count). The first-order valence-electron chi connectivity index (χ1n) is 4.43. The third-order valence-electron chi connectivity index (χ3n) is 2.00. The second-order valence-electron chi connectivity index (χ2n) is 3.16. The van der Waals surface area contributed by atoms with Crippen molar-refractivity contribution in [3.05, 3.63) is 41.8 Å². The Labute approximate surface area is 86.2 Å². The van der Waals surface area contributed by atoms with Gasteiger partial charge in [-0.2, -0.15) is 0 Å². The zero-order valence-electron chi connectivity index (χ0n) is 8.10. The van der Waals surface area contributed by atoms with Crippen LogP contribution in [0, 0.1) is 6.92 Å². The van der Waals surface area contributed by atoms with Crippen LogP contribution in [0.2, 0.25) is 0 Å². The summed E-state index contributed by atoms with van der Waals surface area (Å²) < 4.78 is 5.31. The van der Waals surface area contributed by atoms with Gasteiger partial charge in [-0.25, -0.2) is 9.78 Å². The Morgan fingerprint density at radius 2 is 2.00 bits per heavy atom. The van der Waals surface area contributed by atoms with Gasteiger partial charge in [0.1, 0.15) is 5.76 Å². The number of hydrogen-bond acceptors (Lipinski definition) is 3. The van der Waals surface area contributed by atoms with Crippen LogP contribution in [-0.4, -0.2) is 16.1 Å². The minimum absolute atomic E-state index is 0.252. The first-order valence-corrected chi connectivity index (χ1v) is 4.43. The largest absolute Gasteiger partial charge is 0.478 e. The van der Waals surface area contributed by atoms with Gasteiger partial charge in [-0.15, -0.1) is 0 Å². The van der Waals surface area contributed by atoms with Gasteiger partial charge in [0.2, 0.25) is 5.89 Å². The maximum atomic E-state index is 10.6. The van der Waals surface area contributed by atoms with Crippen LogP contribution in [0.4, 0.5) is 0 Å². The molecule has 4 heteroatoms. The summed E-state index contributed by atoms with van der Waals surface area (Å²) >= 11 is 0. The van der Waals surface area contributed by atoms with E-state index in [1.165, 1.54) is 12.1 Å². The van der Waals surface area contributed by atoms with Crippen LogP contribution in [0.1, 0.15) is 16.1 Å². The molecule has 0 aliphatic heterocycles. The van der Waals surface area contributed by atoms with Crippen molar-refractivity contribution in [2.75, 3.05) is 0 Å². The highest BCUT2D eigenvalue weighted by Gasteiger charge is 2.06. The van der Waals surface area contributed by atoms with Gasteiger partial charge in [-0.1, -0.05) is 0 Å². The van der Waals surface area contributed by atoms with Crippen LogP contribution < -0.4 is 0 Å². The molecule has 0 bridgehead atoms. The second-order valence-corrected chi connectivity index (χ2v) is 3.16. The number of aromatic carboxylic acids is 1. The fourth-order valence-electron chi connectivity index (χ4n) is 1.24. The fraction of sp³-hybridized carbons (Fsp3) is 0.0909. The number of aryl methyl sites for hydroxylation is 1. The van der Waals surface area contributed by atoms with Crippen LogP contribution in [0.15, 0.2) is 34.9 Å². The minimum Gasteiger partial charge on any atom is -0.478 e. The van der Waals surface area contributed by atoms with Crippen LogP contribution >= 0.6 is 0 Å². The SMILES string of the molecule is Cc1cnc(-c2ccc(C(=O)O)cc2)o1. The number of carbonyl (C=O) groups is 1. The Morgan fingerprint density at radius 3 is 2.47 bits per heavy atom. The quantitative estimate of drug-likeness (QED) is 0.813. The van der Waals surface area contributed by atoms with Gasteiger partial charge in [0.25, 0.3) is 0 Å². The average Bonchev–Trinajstić information content (AvgIpc) is 2.65. The Bertz CT molecular complexity index is 485. The first kappa shape index (κ1) is 9.45. The van der Waals surface area contributed by atoms with Gasteiger partial charge < -0.3 is 9.52 Å². The Kier molecular flexibility index (Phi) is 2.25. The number of carboxylic acid groups (broad SMARTS) is 1. The van der Waals surface area contributed by atoms with Gasteiger partial charge in [0, 0.05) is 5.56 Å². The molecule has 1 aromatic heterocycles. The normalized spacial score (nSPS) is 10.2. The molecule has 0 aliphatic carbocycles. The van der Waals surface area contributed by atoms with E-state index >= 15 is 0 Å². The van der Waals surface area contributed by atoms with E-state index < -0.39 is 5.97 Å². The highest BCUT2D eigenvalue weighted by Crippen LogP contribution is 2.19. The summed E-state index contributed by atoms with van der Waals surface area (Å²) in [6, 6.07) is 6.40. The lowest BCUT2D eigenvalue weighted by Gasteiger charge is -1.96. The zero-order chi connectivity index (χ0) is 10.8. The number of aromatic nitrogens is 1. The predicted octanol–water partition coefficient (Wildman–Crippen LogP) is 2.35. The Hall–Kier alpha value is -2.10. The predicted molar refractivity (Wildman–Crippen MR) is 53.6 cm³/mol. The molecule has 0 fully saturated rings. The lowest BCUT2D eigenvalue weighted by molar-refractivity contribution is 0.0697. The van der Waals surface area contributed by atoms with Crippen LogP contribution in [-0.2, 0) is 0 Å². The molecule has 0 unspecified atom stereocenters.